The van der Waals surface area contributed by atoms with Crippen LogP contribution in [0, 0.1) is 0 Å². The Kier molecular flexibility index (Phi) is 6.61. The van der Waals surface area contributed by atoms with Gasteiger partial charge in [-0.25, -0.2) is 0 Å². The molecule has 0 amide bonds. The lowest BCUT2D eigenvalue weighted by atomic mass is 10.1. The third-order valence-corrected chi connectivity index (χ3v) is 2.99. The summed E-state index contributed by atoms with van der Waals surface area (Å²) < 4.78 is 15.6. The molecule has 0 saturated carbocycles. The average molecular weight is 256 g/mol. The van der Waals surface area contributed by atoms with Crippen LogP contribution < -0.4 is 0 Å². The number of hydrogen-bond acceptors (Lipinski definition) is 4. The highest BCUT2D eigenvalue weighted by atomic mass is 16.9. The van der Waals surface area contributed by atoms with Crippen LogP contribution in [0.15, 0.2) is 12.5 Å². The number of esters is 1. The van der Waals surface area contributed by atoms with E-state index in [0.717, 1.165) is 12.8 Å². The predicted octanol–water partition coefficient (Wildman–Crippen LogP) is 3.86. The standard InChI is InChI=1S/C14H24O4/c1-3-5-6-7-8-9-10-13(15)18-14(4-2)16-11-12-17-14/h11-12H,3-10H2,1-2H3. The molecule has 0 unspecified atom stereocenters. The smallest absolute Gasteiger partial charge is 0.418 e. The van der Waals surface area contributed by atoms with Crippen LogP contribution >= 0.6 is 0 Å². The molecule has 18 heavy (non-hydrogen) atoms. The van der Waals surface area contributed by atoms with Crippen molar-refractivity contribution in [1.82, 2.24) is 0 Å². The highest BCUT2D eigenvalue weighted by Gasteiger charge is 2.38. The molecule has 0 aromatic heterocycles. The molecule has 0 spiro atoms. The topological polar surface area (TPSA) is 44.8 Å². The Labute approximate surface area is 109 Å². The lowest BCUT2D eigenvalue weighted by Gasteiger charge is -2.24. The minimum Gasteiger partial charge on any atom is -0.425 e. The molecule has 0 aromatic carbocycles. The summed E-state index contributed by atoms with van der Waals surface area (Å²) in [5.74, 6) is -1.46. The van der Waals surface area contributed by atoms with Crippen LogP contribution in [0.2, 0.25) is 0 Å². The fourth-order valence-corrected chi connectivity index (χ4v) is 1.85. The van der Waals surface area contributed by atoms with Crippen molar-refractivity contribution < 1.29 is 19.0 Å². The Morgan fingerprint density at radius 3 is 2.28 bits per heavy atom. The number of rotatable bonds is 9. The molecule has 0 bridgehead atoms. The van der Waals surface area contributed by atoms with Gasteiger partial charge in [-0.05, 0) is 6.42 Å². The zero-order valence-corrected chi connectivity index (χ0v) is 11.4. The van der Waals surface area contributed by atoms with Crippen molar-refractivity contribution in [3.05, 3.63) is 12.5 Å². The molecule has 1 aliphatic rings. The van der Waals surface area contributed by atoms with Crippen LogP contribution in [-0.2, 0) is 19.0 Å². The minimum atomic E-state index is -1.21. The molecule has 1 aliphatic heterocycles. The lowest BCUT2D eigenvalue weighted by Crippen LogP contribution is -2.35. The van der Waals surface area contributed by atoms with Crippen molar-refractivity contribution in [2.45, 2.75) is 71.2 Å². The summed E-state index contributed by atoms with van der Waals surface area (Å²) in [5, 5.41) is 0. The van der Waals surface area contributed by atoms with Crippen LogP contribution in [-0.4, -0.2) is 11.9 Å². The third-order valence-electron chi connectivity index (χ3n) is 2.99. The van der Waals surface area contributed by atoms with Crippen molar-refractivity contribution >= 4 is 5.97 Å². The Morgan fingerprint density at radius 1 is 1.06 bits per heavy atom. The van der Waals surface area contributed by atoms with E-state index < -0.39 is 5.97 Å². The quantitative estimate of drug-likeness (QED) is 0.464. The summed E-state index contributed by atoms with van der Waals surface area (Å²) in [6, 6.07) is 0. The maximum atomic E-state index is 11.6. The van der Waals surface area contributed by atoms with Crippen LogP contribution in [0.25, 0.3) is 0 Å². The average Bonchev–Trinajstić information content (AvgIpc) is 2.83. The van der Waals surface area contributed by atoms with Crippen molar-refractivity contribution in [3.8, 4) is 0 Å². The molecule has 4 heteroatoms. The molecular formula is C14H24O4. The second kappa shape index (κ2) is 8.01. The largest absolute Gasteiger partial charge is 0.425 e. The normalized spacial score (nSPS) is 16.1. The van der Waals surface area contributed by atoms with Crippen molar-refractivity contribution in [2.24, 2.45) is 0 Å². The number of ether oxygens (including phenoxy) is 3. The maximum absolute atomic E-state index is 11.6. The maximum Gasteiger partial charge on any atom is 0.418 e. The summed E-state index contributed by atoms with van der Waals surface area (Å²) in [7, 11) is 0. The van der Waals surface area contributed by atoms with Crippen LogP contribution in [0.5, 0.6) is 0 Å². The fourth-order valence-electron chi connectivity index (χ4n) is 1.85. The van der Waals surface area contributed by atoms with Gasteiger partial charge in [-0.15, -0.1) is 0 Å². The van der Waals surface area contributed by atoms with E-state index in [4.69, 9.17) is 14.2 Å². The first-order chi connectivity index (χ1) is 8.72. The van der Waals surface area contributed by atoms with Crippen molar-refractivity contribution in [3.63, 3.8) is 0 Å². The molecule has 0 atom stereocenters. The molecule has 1 heterocycles. The zero-order chi connectivity index (χ0) is 13.3. The van der Waals surface area contributed by atoms with E-state index >= 15 is 0 Å². The molecule has 4 nitrogen and oxygen atoms in total. The highest BCUT2D eigenvalue weighted by molar-refractivity contribution is 5.69. The molecule has 0 radical (unpaired) electrons. The van der Waals surface area contributed by atoms with E-state index in [0.29, 0.717) is 12.8 Å². The number of unbranched alkanes of at least 4 members (excludes halogenated alkanes) is 5. The molecule has 0 aliphatic carbocycles. The monoisotopic (exact) mass is 256 g/mol. The number of carbonyl (C=O) groups excluding carboxylic acids is 1. The van der Waals surface area contributed by atoms with Gasteiger partial charge in [0.1, 0.15) is 12.5 Å². The van der Waals surface area contributed by atoms with Crippen LogP contribution in [0.3, 0.4) is 0 Å². The van der Waals surface area contributed by atoms with Gasteiger partial charge in [0, 0.05) is 6.42 Å². The lowest BCUT2D eigenvalue weighted by molar-refractivity contribution is -0.305. The fraction of sp³-hybridized carbons (Fsp3) is 0.786. The van der Waals surface area contributed by atoms with E-state index in [1.54, 1.807) is 0 Å². The molecule has 104 valence electrons. The molecule has 0 fully saturated rings. The first-order valence-corrected chi connectivity index (χ1v) is 6.95. The Bertz CT molecular complexity index is 265. The molecule has 0 aromatic rings. The van der Waals surface area contributed by atoms with Gasteiger partial charge < -0.3 is 14.2 Å². The van der Waals surface area contributed by atoms with Gasteiger partial charge in [-0.2, -0.15) is 0 Å². The van der Waals surface area contributed by atoms with E-state index in [-0.39, 0.29) is 5.97 Å². The summed E-state index contributed by atoms with van der Waals surface area (Å²) in [6.07, 6.45) is 10.6. The first kappa shape index (κ1) is 14.9. The van der Waals surface area contributed by atoms with Gasteiger partial charge in [-0.3, -0.25) is 4.79 Å². The van der Waals surface area contributed by atoms with Gasteiger partial charge in [-0.1, -0.05) is 46.0 Å². The SMILES string of the molecule is CCCCCCCCC(=O)OC1(CC)OC=CO1. The summed E-state index contributed by atoms with van der Waals surface area (Å²) in [6.45, 7) is 4.04. The zero-order valence-electron chi connectivity index (χ0n) is 11.4. The summed E-state index contributed by atoms with van der Waals surface area (Å²) >= 11 is 0. The van der Waals surface area contributed by atoms with Crippen molar-refractivity contribution in [1.29, 1.82) is 0 Å². The highest BCUT2D eigenvalue weighted by Crippen LogP contribution is 2.26. The molecule has 0 saturated heterocycles. The molecule has 0 N–H and O–H groups in total. The van der Waals surface area contributed by atoms with E-state index in [9.17, 15) is 4.79 Å². The first-order valence-electron chi connectivity index (χ1n) is 6.95. The van der Waals surface area contributed by atoms with Gasteiger partial charge in [0.25, 0.3) is 0 Å². The summed E-state index contributed by atoms with van der Waals surface area (Å²) in [4.78, 5) is 11.6. The summed E-state index contributed by atoms with van der Waals surface area (Å²) in [5.41, 5.74) is 0. The molecular weight excluding hydrogens is 232 g/mol. The Balaban J connectivity index is 2.10. The Hall–Kier alpha value is -1.19. The van der Waals surface area contributed by atoms with Gasteiger partial charge >= 0.3 is 11.9 Å². The van der Waals surface area contributed by atoms with Gasteiger partial charge in [0.15, 0.2) is 0 Å². The number of carbonyl (C=O) groups is 1. The van der Waals surface area contributed by atoms with Gasteiger partial charge in [0.2, 0.25) is 0 Å². The second-order valence-corrected chi connectivity index (χ2v) is 4.54. The Morgan fingerprint density at radius 2 is 1.67 bits per heavy atom. The third kappa shape index (κ3) is 4.98. The second-order valence-electron chi connectivity index (χ2n) is 4.54. The van der Waals surface area contributed by atoms with Crippen LogP contribution in [0.1, 0.15) is 65.2 Å². The van der Waals surface area contributed by atoms with E-state index in [1.807, 2.05) is 6.92 Å². The molecule has 1 rings (SSSR count). The van der Waals surface area contributed by atoms with E-state index in [2.05, 4.69) is 6.92 Å². The van der Waals surface area contributed by atoms with Gasteiger partial charge in [0.05, 0.1) is 6.42 Å². The predicted molar refractivity (Wildman–Crippen MR) is 68.4 cm³/mol. The van der Waals surface area contributed by atoms with E-state index in [1.165, 1.54) is 38.2 Å². The van der Waals surface area contributed by atoms with Crippen molar-refractivity contribution in [2.75, 3.05) is 0 Å². The van der Waals surface area contributed by atoms with Crippen LogP contribution in [0.4, 0.5) is 0 Å². The number of hydrogen-bond donors (Lipinski definition) is 0. The minimum absolute atomic E-state index is 0.254.